The Balaban J connectivity index is 1.81. The third-order valence-corrected chi connectivity index (χ3v) is 6.79. The number of rotatable bonds is 5. The summed E-state index contributed by atoms with van der Waals surface area (Å²) < 4.78 is 1.11. The molecule has 0 spiro atoms. The van der Waals surface area contributed by atoms with Crippen LogP contribution in [0, 0.1) is 5.92 Å². The normalized spacial score (nSPS) is 21.3. The Bertz CT molecular complexity index is 660. The summed E-state index contributed by atoms with van der Waals surface area (Å²) in [5.74, 6) is 0.565. The first kappa shape index (κ1) is 16.7. The Morgan fingerprint density at radius 2 is 2.17 bits per heavy atom. The Kier molecular flexibility index (Phi) is 4.89. The van der Waals surface area contributed by atoms with Crippen LogP contribution in [0.3, 0.4) is 0 Å². The van der Waals surface area contributed by atoms with Crippen LogP contribution < -0.4 is 10.6 Å². The molecule has 7 heteroatoms. The summed E-state index contributed by atoms with van der Waals surface area (Å²) in [4.78, 5) is 23.5. The molecule has 2 N–H and O–H groups in total. The third kappa shape index (κ3) is 3.09. The van der Waals surface area contributed by atoms with E-state index in [1.54, 1.807) is 11.3 Å². The number of carbonyl (C=O) groups is 1. The van der Waals surface area contributed by atoms with E-state index in [-0.39, 0.29) is 11.9 Å². The quantitative estimate of drug-likeness (QED) is 0.898. The number of amides is 1. The lowest BCUT2D eigenvalue weighted by Crippen LogP contribution is -2.33. The van der Waals surface area contributed by atoms with Gasteiger partial charge in [0.25, 0.3) is 5.91 Å². The third-order valence-electron chi connectivity index (χ3n) is 4.58. The molecule has 1 aliphatic rings. The van der Waals surface area contributed by atoms with Crippen molar-refractivity contribution in [3.8, 4) is 0 Å². The highest BCUT2D eigenvalue weighted by atomic mass is 32.1. The van der Waals surface area contributed by atoms with Crippen LogP contribution in [-0.2, 0) is 0 Å². The highest BCUT2D eigenvalue weighted by Gasteiger charge is 2.33. The summed E-state index contributed by atoms with van der Waals surface area (Å²) in [6.45, 7) is 9.72. The molecule has 2 atom stereocenters. The van der Waals surface area contributed by atoms with Gasteiger partial charge in [0.2, 0.25) is 0 Å². The molecule has 1 aliphatic heterocycles. The van der Waals surface area contributed by atoms with Crippen LogP contribution in [-0.4, -0.2) is 48.0 Å². The molecule has 0 saturated carbocycles. The van der Waals surface area contributed by atoms with E-state index in [1.165, 1.54) is 11.3 Å². The zero-order valence-electron chi connectivity index (χ0n) is 13.9. The maximum atomic E-state index is 12.8. The van der Waals surface area contributed by atoms with Crippen molar-refractivity contribution in [2.24, 2.45) is 11.7 Å². The average molecular weight is 353 g/mol. The molecule has 2 aromatic heterocycles. The molecule has 0 aromatic carbocycles. The largest absolute Gasteiger partial charge is 0.349 e. The van der Waals surface area contributed by atoms with Crippen LogP contribution in [0.25, 0.3) is 9.53 Å². The number of hydrogen-bond acceptors (Lipinski definition) is 6. The van der Waals surface area contributed by atoms with Gasteiger partial charge in [0.15, 0.2) is 5.13 Å². The molecule has 5 nitrogen and oxygen atoms in total. The highest BCUT2D eigenvalue weighted by Crippen LogP contribution is 2.36. The Labute approximate surface area is 145 Å². The van der Waals surface area contributed by atoms with E-state index in [2.05, 4.69) is 25.7 Å². The van der Waals surface area contributed by atoms with E-state index >= 15 is 0 Å². The van der Waals surface area contributed by atoms with Crippen molar-refractivity contribution in [1.82, 2.24) is 9.88 Å². The fraction of sp³-hybridized carbons (Fsp3) is 0.625. The summed E-state index contributed by atoms with van der Waals surface area (Å²) in [7, 11) is 0. The van der Waals surface area contributed by atoms with Crippen LogP contribution in [0.5, 0.6) is 0 Å². The summed E-state index contributed by atoms with van der Waals surface area (Å²) >= 11 is 3.19. The van der Waals surface area contributed by atoms with Gasteiger partial charge in [0.05, 0.1) is 9.58 Å². The van der Waals surface area contributed by atoms with Gasteiger partial charge in [-0.15, -0.1) is 11.3 Å². The summed E-state index contributed by atoms with van der Waals surface area (Å²) in [6.07, 6.45) is 1.01. The molecule has 1 saturated heterocycles. The topological polar surface area (TPSA) is 62.5 Å². The number of nitrogens with zero attached hydrogens (tertiary/aromatic N) is 3. The Hall–Kier alpha value is -1.18. The SMILES string of the molecule is CCN(CC)c1nc2sc(C(=O)N3CC(CN)CC3C)cc2s1. The smallest absolute Gasteiger partial charge is 0.264 e. The fourth-order valence-corrected chi connectivity index (χ4v) is 5.49. The minimum absolute atomic E-state index is 0.132. The summed E-state index contributed by atoms with van der Waals surface area (Å²) in [5, 5.41) is 1.05. The Morgan fingerprint density at radius 1 is 1.43 bits per heavy atom. The molecule has 1 amide bonds. The lowest BCUT2D eigenvalue weighted by molar-refractivity contribution is 0.0748. The van der Waals surface area contributed by atoms with Crippen molar-refractivity contribution in [2.45, 2.75) is 33.2 Å². The van der Waals surface area contributed by atoms with Crippen molar-refractivity contribution in [1.29, 1.82) is 0 Å². The van der Waals surface area contributed by atoms with Gasteiger partial charge >= 0.3 is 0 Å². The number of likely N-dealkylation sites (tertiary alicyclic amines) is 1. The predicted octanol–water partition coefficient (Wildman–Crippen LogP) is 3.01. The molecule has 2 aromatic rings. The van der Waals surface area contributed by atoms with Gasteiger partial charge in [-0.25, -0.2) is 4.98 Å². The molecule has 1 fully saturated rings. The van der Waals surface area contributed by atoms with Crippen molar-refractivity contribution >= 4 is 43.2 Å². The lowest BCUT2D eigenvalue weighted by atomic mass is 10.1. The van der Waals surface area contributed by atoms with Crippen molar-refractivity contribution in [2.75, 3.05) is 31.1 Å². The molecule has 126 valence electrons. The summed E-state index contributed by atoms with van der Waals surface area (Å²) in [5.41, 5.74) is 5.76. The number of carbonyl (C=O) groups excluding carboxylic acids is 1. The standard InChI is InChI=1S/C16H24N4OS2/c1-4-19(5-2)16-18-14-12(23-16)7-13(22-14)15(21)20-9-11(8-17)6-10(20)3/h7,10-11H,4-6,8-9,17H2,1-3H3. The van der Waals surface area contributed by atoms with Gasteiger partial charge in [-0.1, -0.05) is 11.3 Å². The van der Waals surface area contributed by atoms with E-state index in [0.717, 1.165) is 45.6 Å². The molecule has 0 radical (unpaired) electrons. The first-order chi connectivity index (χ1) is 11.1. The number of fused-ring (bicyclic) bond motifs is 1. The fourth-order valence-electron chi connectivity index (χ4n) is 3.20. The van der Waals surface area contributed by atoms with Crippen LogP contribution in [0.2, 0.25) is 0 Å². The first-order valence-corrected chi connectivity index (χ1v) is 9.87. The molecule has 0 aliphatic carbocycles. The number of aromatic nitrogens is 1. The maximum absolute atomic E-state index is 12.8. The predicted molar refractivity (Wildman–Crippen MR) is 98.7 cm³/mol. The van der Waals surface area contributed by atoms with E-state index < -0.39 is 0 Å². The molecule has 2 unspecified atom stereocenters. The summed E-state index contributed by atoms with van der Waals surface area (Å²) in [6, 6.07) is 2.28. The average Bonchev–Trinajstić information content (AvgIpc) is 3.20. The van der Waals surface area contributed by atoms with Gasteiger partial charge < -0.3 is 15.5 Å². The zero-order chi connectivity index (χ0) is 16.6. The number of thiazole rings is 1. The molecular weight excluding hydrogens is 328 g/mol. The number of anilines is 1. The minimum atomic E-state index is 0.132. The van der Waals surface area contributed by atoms with Crippen LogP contribution >= 0.6 is 22.7 Å². The second-order valence-corrected chi connectivity index (χ2v) is 8.13. The van der Waals surface area contributed by atoms with E-state index in [1.807, 2.05) is 11.0 Å². The molecule has 3 heterocycles. The van der Waals surface area contributed by atoms with Crippen molar-refractivity contribution in [3.63, 3.8) is 0 Å². The van der Waals surface area contributed by atoms with Gasteiger partial charge in [0.1, 0.15) is 4.83 Å². The van der Waals surface area contributed by atoms with E-state index in [9.17, 15) is 4.79 Å². The number of nitrogens with two attached hydrogens (primary N) is 1. The van der Waals surface area contributed by atoms with Gasteiger partial charge in [-0.3, -0.25) is 4.79 Å². The molecule has 0 bridgehead atoms. The van der Waals surface area contributed by atoms with E-state index in [4.69, 9.17) is 10.7 Å². The maximum Gasteiger partial charge on any atom is 0.264 e. The van der Waals surface area contributed by atoms with Crippen molar-refractivity contribution in [3.05, 3.63) is 10.9 Å². The number of hydrogen-bond donors (Lipinski definition) is 1. The van der Waals surface area contributed by atoms with Crippen LogP contribution in [0.4, 0.5) is 5.13 Å². The molecule has 23 heavy (non-hydrogen) atoms. The number of thiophene rings is 1. The highest BCUT2D eigenvalue weighted by molar-refractivity contribution is 7.29. The second-order valence-electron chi connectivity index (χ2n) is 6.09. The lowest BCUT2D eigenvalue weighted by Gasteiger charge is -2.20. The Morgan fingerprint density at radius 3 is 2.74 bits per heavy atom. The zero-order valence-corrected chi connectivity index (χ0v) is 15.5. The van der Waals surface area contributed by atoms with Gasteiger partial charge in [0, 0.05) is 25.7 Å². The van der Waals surface area contributed by atoms with E-state index in [0.29, 0.717) is 12.5 Å². The van der Waals surface area contributed by atoms with Crippen molar-refractivity contribution < 1.29 is 4.79 Å². The second kappa shape index (κ2) is 6.75. The molecular formula is C16H24N4OS2. The first-order valence-electron chi connectivity index (χ1n) is 8.23. The van der Waals surface area contributed by atoms with Gasteiger partial charge in [-0.05, 0) is 45.7 Å². The monoisotopic (exact) mass is 352 g/mol. The van der Waals surface area contributed by atoms with Gasteiger partial charge in [-0.2, -0.15) is 0 Å². The van der Waals surface area contributed by atoms with Crippen LogP contribution in [0.1, 0.15) is 36.9 Å². The minimum Gasteiger partial charge on any atom is -0.349 e. The van der Waals surface area contributed by atoms with Crippen LogP contribution in [0.15, 0.2) is 6.07 Å². The molecule has 3 rings (SSSR count).